The maximum atomic E-state index is 12.2. The topological polar surface area (TPSA) is 64.3 Å². The lowest BCUT2D eigenvalue weighted by Gasteiger charge is -2.14. The van der Waals surface area contributed by atoms with Crippen LogP contribution in [0, 0.1) is 0 Å². The van der Waals surface area contributed by atoms with E-state index in [0.717, 1.165) is 5.56 Å². The van der Waals surface area contributed by atoms with Crippen LogP contribution < -0.4 is 11.1 Å². The molecule has 0 aliphatic heterocycles. The number of hydrogen-bond acceptors (Lipinski definition) is 3. The van der Waals surface area contributed by atoms with E-state index < -0.39 is 6.09 Å². The van der Waals surface area contributed by atoms with Gasteiger partial charge in [0.1, 0.15) is 6.61 Å². The molecule has 1 aliphatic rings. The van der Waals surface area contributed by atoms with E-state index in [1.54, 1.807) is 12.1 Å². The molecule has 152 valence electrons. The number of ether oxygens (including phenoxy) is 1. The van der Waals surface area contributed by atoms with Gasteiger partial charge in [0.2, 0.25) is 0 Å². The lowest BCUT2D eigenvalue weighted by Crippen LogP contribution is -2.26. The quantitative estimate of drug-likeness (QED) is 0.389. The van der Waals surface area contributed by atoms with Gasteiger partial charge in [-0.05, 0) is 52.4 Å². The lowest BCUT2D eigenvalue weighted by atomic mass is 9.98. The predicted molar refractivity (Wildman–Crippen MR) is 123 cm³/mol. The highest BCUT2D eigenvalue weighted by atomic mass is 35.5. The van der Waals surface area contributed by atoms with Crippen molar-refractivity contribution >= 4 is 29.5 Å². The summed E-state index contributed by atoms with van der Waals surface area (Å²) in [5, 5.41) is 3.44. The molecule has 0 saturated heterocycles. The van der Waals surface area contributed by atoms with Gasteiger partial charge in [0, 0.05) is 23.2 Å². The summed E-state index contributed by atoms with van der Waals surface area (Å²) < 4.78 is 5.53. The highest BCUT2D eigenvalue weighted by molar-refractivity contribution is 6.30. The minimum atomic E-state index is -0.410. The number of carbonyl (C=O) groups excluding carboxylic acids is 1. The maximum absolute atomic E-state index is 12.2. The van der Waals surface area contributed by atoms with Crippen LogP contribution in [0.4, 0.5) is 10.5 Å². The van der Waals surface area contributed by atoms with Crippen molar-refractivity contribution in [3.8, 4) is 11.1 Å². The summed E-state index contributed by atoms with van der Waals surface area (Å²) in [4.78, 5) is 12.2. The van der Waals surface area contributed by atoms with Crippen LogP contribution in [0.3, 0.4) is 0 Å². The van der Waals surface area contributed by atoms with Gasteiger partial charge in [-0.2, -0.15) is 0 Å². The first-order valence-corrected chi connectivity index (χ1v) is 10.3. The fourth-order valence-electron chi connectivity index (χ4n) is 3.81. The number of alkyl carbamates (subject to hydrolysis) is 1. The average Bonchev–Trinajstić information content (AvgIpc) is 3.08. The zero-order valence-corrected chi connectivity index (χ0v) is 17.2. The molecular formula is C25H23ClN2O2. The molecule has 5 heteroatoms. The zero-order chi connectivity index (χ0) is 20.9. The van der Waals surface area contributed by atoms with Gasteiger partial charge < -0.3 is 15.8 Å². The molecule has 0 heterocycles. The molecule has 4 nitrogen and oxygen atoms in total. The minimum Gasteiger partial charge on any atom is -0.449 e. The number of fused-ring (bicyclic) bond motifs is 3. The molecule has 0 unspecified atom stereocenters. The fourth-order valence-corrected chi connectivity index (χ4v) is 3.99. The molecule has 0 spiro atoms. The second-order valence-corrected chi connectivity index (χ2v) is 7.65. The molecule has 1 amide bonds. The molecular weight excluding hydrogens is 396 g/mol. The Labute approximate surface area is 181 Å². The first-order valence-electron chi connectivity index (χ1n) is 9.94. The van der Waals surface area contributed by atoms with Crippen LogP contribution in [0.1, 0.15) is 29.0 Å². The summed E-state index contributed by atoms with van der Waals surface area (Å²) in [5.41, 5.74) is 12.3. The third-order valence-corrected chi connectivity index (χ3v) is 5.51. The van der Waals surface area contributed by atoms with Gasteiger partial charge in [-0.1, -0.05) is 72.3 Å². The molecule has 0 fully saturated rings. The van der Waals surface area contributed by atoms with Crippen molar-refractivity contribution in [1.29, 1.82) is 0 Å². The van der Waals surface area contributed by atoms with Gasteiger partial charge in [0.25, 0.3) is 0 Å². The number of carbonyl (C=O) groups is 1. The molecule has 30 heavy (non-hydrogen) atoms. The van der Waals surface area contributed by atoms with Crippen molar-refractivity contribution in [2.45, 2.75) is 12.3 Å². The molecule has 4 rings (SSSR count). The van der Waals surface area contributed by atoms with E-state index in [4.69, 9.17) is 22.1 Å². The van der Waals surface area contributed by atoms with Crippen molar-refractivity contribution in [3.05, 3.63) is 94.5 Å². The molecule has 0 bridgehead atoms. The summed E-state index contributed by atoms with van der Waals surface area (Å²) in [6.45, 7) is 0.794. The number of nitrogens with one attached hydrogen (secondary N) is 1. The largest absolute Gasteiger partial charge is 0.449 e. The Morgan fingerprint density at radius 2 is 1.70 bits per heavy atom. The first-order chi connectivity index (χ1) is 14.6. The fraction of sp³-hybridized carbons (Fsp3) is 0.160. The third-order valence-electron chi connectivity index (χ3n) is 5.27. The number of nitrogen functional groups attached to an aromatic ring is 1. The van der Waals surface area contributed by atoms with E-state index in [1.165, 1.54) is 22.3 Å². The van der Waals surface area contributed by atoms with Crippen LogP contribution in [0.5, 0.6) is 0 Å². The number of rotatable bonds is 6. The summed E-state index contributed by atoms with van der Waals surface area (Å²) in [5.74, 6) is 0.0638. The van der Waals surface area contributed by atoms with Crippen molar-refractivity contribution in [2.75, 3.05) is 18.9 Å². The van der Waals surface area contributed by atoms with Crippen molar-refractivity contribution in [3.63, 3.8) is 0 Å². The molecule has 3 aromatic carbocycles. The van der Waals surface area contributed by atoms with E-state index in [0.29, 0.717) is 30.3 Å². The van der Waals surface area contributed by atoms with E-state index in [1.807, 2.05) is 42.5 Å². The van der Waals surface area contributed by atoms with Crippen LogP contribution in [0.2, 0.25) is 5.02 Å². The number of nitrogens with two attached hydrogens (primary N) is 1. The van der Waals surface area contributed by atoms with Crippen LogP contribution in [-0.2, 0) is 4.74 Å². The summed E-state index contributed by atoms with van der Waals surface area (Å²) >= 11 is 5.99. The first kappa shape index (κ1) is 20.0. The number of halogens is 1. The Morgan fingerprint density at radius 3 is 2.40 bits per heavy atom. The number of hydrogen-bond donors (Lipinski definition) is 2. The van der Waals surface area contributed by atoms with Crippen molar-refractivity contribution in [1.82, 2.24) is 5.32 Å². The van der Waals surface area contributed by atoms with Crippen molar-refractivity contribution in [2.24, 2.45) is 0 Å². The molecule has 3 aromatic rings. The average molecular weight is 419 g/mol. The summed E-state index contributed by atoms with van der Waals surface area (Å²) in [6, 6.07) is 21.9. The van der Waals surface area contributed by atoms with E-state index in [-0.39, 0.29) is 5.92 Å². The molecule has 0 saturated carbocycles. The van der Waals surface area contributed by atoms with Crippen LogP contribution in [-0.4, -0.2) is 19.2 Å². The Kier molecular flexibility index (Phi) is 6.05. The van der Waals surface area contributed by atoms with E-state index in [9.17, 15) is 4.79 Å². The van der Waals surface area contributed by atoms with Crippen LogP contribution >= 0.6 is 11.6 Å². The van der Waals surface area contributed by atoms with Gasteiger partial charge in [-0.25, -0.2) is 4.79 Å². The Morgan fingerprint density at radius 1 is 1.03 bits per heavy atom. The third kappa shape index (κ3) is 4.34. The van der Waals surface area contributed by atoms with Gasteiger partial charge in [0.05, 0.1) is 0 Å². The number of amides is 1. The smallest absolute Gasteiger partial charge is 0.407 e. The Hall–Kier alpha value is -3.24. The van der Waals surface area contributed by atoms with Crippen LogP contribution in [0.25, 0.3) is 17.2 Å². The zero-order valence-electron chi connectivity index (χ0n) is 16.5. The molecule has 0 aromatic heterocycles. The van der Waals surface area contributed by atoms with Crippen LogP contribution in [0.15, 0.2) is 72.8 Å². The van der Waals surface area contributed by atoms with E-state index >= 15 is 0 Å². The molecule has 0 radical (unpaired) electrons. The maximum Gasteiger partial charge on any atom is 0.407 e. The molecule has 3 N–H and O–H groups in total. The Bertz CT molecular complexity index is 1050. The van der Waals surface area contributed by atoms with Gasteiger partial charge >= 0.3 is 6.09 Å². The highest BCUT2D eigenvalue weighted by Gasteiger charge is 2.28. The Balaban J connectivity index is 1.28. The summed E-state index contributed by atoms with van der Waals surface area (Å²) in [6.07, 6.45) is 4.11. The second kappa shape index (κ2) is 9.06. The van der Waals surface area contributed by atoms with E-state index in [2.05, 4.69) is 29.6 Å². The van der Waals surface area contributed by atoms with Gasteiger partial charge in [0.15, 0.2) is 0 Å². The number of benzene rings is 3. The monoisotopic (exact) mass is 418 g/mol. The SMILES string of the molecule is Nc1ccc(Cl)cc1C=CCCNC(=O)OCC1c2ccccc2-c2ccccc21. The standard InChI is InChI=1S/C25H23ClN2O2/c26-18-12-13-24(27)17(15-18)7-5-6-14-28-25(29)30-16-23-21-10-3-1-8-19(21)20-9-2-4-11-22(20)23/h1-5,7-13,15,23H,6,14,16,27H2,(H,28,29). The highest BCUT2D eigenvalue weighted by Crippen LogP contribution is 2.44. The summed E-state index contributed by atoms with van der Waals surface area (Å²) in [7, 11) is 0. The normalized spacial score (nSPS) is 12.6. The number of anilines is 1. The lowest BCUT2D eigenvalue weighted by molar-refractivity contribution is 0.143. The van der Waals surface area contributed by atoms with Gasteiger partial charge in [-0.15, -0.1) is 0 Å². The van der Waals surface area contributed by atoms with Crippen molar-refractivity contribution < 1.29 is 9.53 Å². The minimum absolute atomic E-state index is 0.0638. The predicted octanol–water partition coefficient (Wildman–Crippen LogP) is 5.86. The molecule has 1 aliphatic carbocycles. The van der Waals surface area contributed by atoms with Gasteiger partial charge in [-0.3, -0.25) is 0 Å². The molecule has 0 atom stereocenters. The second-order valence-electron chi connectivity index (χ2n) is 7.22.